The van der Waals surface area contributed by atoms with E-state index in [1.807, 2.05) is 0 Å². The molecule has 0 aromatic carbocycles. The van der Waals surface area contributed by atoms with Gasteiger partial charge in [-0.25, -0.2) is 5.01 Å². The van der Waals surface area contributed by atoms with E-state index < -0.39 is 5.91 Å². The van der Waals surface area contributed by atoms with Crippen molar-refractivity contribution in [3.63, 3.8) is 0 Å². The molecule has 0 atom stereocenters. The number of unbranched alkanes of at least 4 members (excludes halogenated alkanes) is 1. The fraction of sp³-hybridized carbons (Fsp3) is 0.636. The van der Waals surface area contributed by atoms with E-state index in [0.717, 1.165) is 12.8 Å². The Balaban J connectivity index is 1.96. The number of hydrogen-bond acceptors (Lipinski definition) is 4. The first kappa shape index (κ1) is 11.8. The lowest BCUT2D eigenvalue weighted by Gasteiger charge is -2.38. The highest BCUT2D eigenvalue weighted by Crippen LogP contribution is 2.11. The van der Waals surface area contributed by atoms with E-state index in [0.29, 0.717) is 26.3 Å². The van der Waals surface area contributed by atoms with Crippen LogP contribution in [0.5, 0.6) is 0 Å². The van der Waals surface area contributed by atoms with Gasteiger partial charge in [-0.15, -0.1) is 0 Å². The minimum absolute atomic E-state index is 0.384. The van der Waals surface area contributed by atoms with Crippen LogP contribution in [-0.2, 0) is 9.59 Å². The molecule has 2 heterocycles. The summed E-state index contributed by atoms with van der Waals surface area (Å²) >= 11 is 0. The number of amides is 2. The topological polar surface area (TPSA) is 55.9 Å². The van der Waals surface area contributed by atoms with Crippen molar-refractivity contribution < 1.29 is 9.59 Å². The number of hydrazine groups is 1. The van der Waals surface area contributed by atoms with Gasteiger partial charge in [-0.3, -0.25) is 14.6 Å². The SMILES string of the molecule is CCCCN1CCN(N2C=CNC2)C(=O)C1=O. The van der Waals surface area contributed by atoms with Gasteiger partial charge in [0.1, 0.15) is 6.67 Å². The molecule has 2 amide bonds. The maximum Gasteiger partial charge on any atom is 0.330 e. The number of piperazine rings is 1. The molecule has 0 saturated carbocycles. The van der Waals surface area contributed by atoms with Crippen molar-refractivity contribution in [1.82, 2.24) is 20.2 Å². The highest BCUT2D eigenvalue weighted by Gasteiger charge is 2.34. The molecule has 2 aliphatic rings. The minimum Gasteiger partial charge on any atom is -0.371 e. The molecular weight excluding hydrogens is 220 g/mol. The van der Waals surface area contributed by atoms with E-state index in [9.17, 15) is 9.59 Å². The third kappa shape index (κ3) is 2.35. The number of nitrogens with zero attached hydrogens (tertiary/aromatic N) is 3. The zero-order valence-electron chi connectivity index (χ0n) is 10.1. The molecule has 1 fully saturated rings. The molecule has 94 valence electrons. The van der Waals surface area contributed by atoms with Gasteiger partial charge in [-0.05, 0) is 6.42 Å². The number of rotatable bonds is 4. The van der Waals surface area contributed by atoms with E-state index in [1.165, 1.54) is 5.01 Å². The molecule has 0 unspecified atom stereocenters. The van der Waals surface area contributed by atoms with Gasteiger partial charge in [0.05, 0.1) is 6.54 Å². The van der Waals surface area contributed by atoms with E-state index >= 15 is 0 Å². The summed E-state index contributed by atoms with van der Waals surface area (Å²) in [5.74, 6) is -0.814. The van der Waals surface area contributed by atoms with Crippen LogP contribution in [0.15, 0.2) is 12.4 Å². The van der Waals surface area contributed by atoms with Crippen molar-refractivity contribution in [2.24, 2.45) is 0 Å². The van der Waals surface area contributed by atoms with E-state index in [4.69, 9.17) is 0 Å². The molecule has 1 N–H and O–H groups in total. The monoisotopic (exact) mass is 238 g/mol. The molecule has 0 aromatic rings. The van der Waals surface area contributed by atoms with Gasteiger partial charge in [-0.1, -0.05) is 13.3 Å². The Hall–Kier alpha value is -1.72. The normalized spacial score (nSPS) is 20.2. The summed E-state index contributed by atoms with van der Waals surface area (Å²) in [5.41, 5.74) is 0. The predicted octanol–water partition coefficient (Wildman–Crippen LogP) is -0.294. The van der Waals surface area contributed by atoms with Crippen molar-refractivity contribution in [2.45, 2.75) is 19.8 Å². The number of hydrogen-bond donors (Lipinski definition) is 1. The van der Waals surface area contributed by atoms with Gasteiger partial charge in [0.15, 0.2) is 0 Å². The molecule has 1 saturated heterocycles. The second kappa shape index (κ2) is 5.07. The molecule has 6 heteroatoms. The maximum absolute atomic E-state index is 11.9. The second-order valence-corrected chi connectivity index (χ2v) is 4.19. The Morgan fingerprint density at radius 3 is 2.76 bits per heavy atom. The molecule has 6 nitrogen and oxygen atoms in total. The Bertz CT molecular complexity index is 342. The van der Waals surface area contributed by atoms with Crippen LogP contribution in [0.3, 0.4) is 0 Å². The average molecular weight is 238 g/mol. The molecule has 0 radical (unpaired) electrons. The number of carbonyl (C=O) groups excluding carboxylic acids is 2. The minimum atomic E-state index is -0.430. The summed E-state index contributed by atoms with van der Waals surface area (Å²) in [5, 5.41) is 6.21. The number of nitrogens with one attached hydrogen (secondary N) is 1. The van der Waals surface area contributed by atoms with Crippen molar-refractivity contribution in [3.05, 3.63) is 12.4 Å². The zero-order valence-corrected chi connectivity index (χ0v) is 10.1. The fourth-order valence-electron chi connectivity index (χ4n) is 1.98. The van der Waals surface area contributed by atoms with Crippen LogP contribution < -0.4 is 5.32 Å². The van der Waals surface area contributed by atoms with Crippen LogP contribution in [0.4, 0.5) is 0 Å². The summed E-state index contributed by atoms with van der Waals surface area (Å²) in [6.45, 7) is 4.50. The third-order valence-electron chi connectivity index (χ3n) is 3.00. The average Bonchev–Trinajstić information content (AvgIpc) is 2.85. The summed E-state index contributed by atoms with van der Waals surface area (Å²) in [6, 6.07) is 0. The smallest absolute Gasteiger partial charge is 0.330 e. The van der Waals surface area contributed by atoms with Gasteiger partial charge < -0.3 is 10.2 Å². The lowest BCUT2D eigenvalue weighted by Crippen LogP contribution is -2.58. The largest absolute Gasteiger partial charge is 0.371 e. The van der Waals surface area contributed by atoms with Crippen LogP contribution in [0.1, 0.15) is 19.8 Å². The zero-order chi connectivity index (χ0) is 12.3. The molecule has 0 spiro atoms. The van der Waals surface area contributed by atoms with Crippen LogP contribution >= 0.6 is 0 Å². The molecule has 2 aliphatic heterocycles. The first-order valence-corrected chi connectivity index (χ1v) is 6.01. The standard InChI is InChI=1S/C11H18N4O2/c1-2-3-5-13-7-8-15(11(17)10(13)16)14-6-4-12-9-14/h4,6,12H,2-3,5,7-9H2,1H3. The molecular formula is C11H18N4O2. The van der Waals surface area contributed by atoms with Crippen molar-refractivity contribution in [2.75, 3.05) is 26.3 Å². The van der Waals surface area contributed by atoms with Gasteiger partial charge in [-0.2, -0.15) is 0 Å². The van der Waals surface area contributed by atoms with Gasteiger partial charge in [0, 0.05) is 25.5 Å². The first-order chi connectivity index (χ1) is 8.24. The van der Waals surface area contributed by atoms with Gasteiger partial charge in [0.25, 0.3) is 0 Å². The lowest BCUT2D eigenvalue weighted by molar-refractivity contribution is -0.166. The van der Waals surface area contributed by atoms with Crippen LogP contribution in [-0.4, -0.2) is 53.0 Å². The fourth-order valence-corrected chi connectivity index (χ4v) is 1.98. The van der Waals surface area contributed by atoms with E-state index in [1.54, 1.807) is 22.3 Å². The summed E-state index contributed by atoms with van der Waals surface area (Å²) in [4.78, 5) is 25.4. The van der Waals surface area contributed by atoms with E-state index in [2.05, 4.69) is 12.2 Å². The Morgan fingerprint density at radius 2 is 2.12 bits per heavy atom. The van der Waals surface area contributed by atoms with Gasteiger partial charge in [0.2, 0.25) is 0 Å². The molecule has 0 bridgehead atoms. The molecule has 2 rings (SSSR count). The summed E-state index contributed by atoms with van der Waals surface area (Å²) in [6.07, 6.45) is 5.51. The van der Waals surface area contributed by atoms with E-state index in [-0.39, 0.29) is 5.91 Å². The number of carbonyl (C=O) groups is 2. The van der Waals surface area contributed by atoms with Crippen LogP contribution in [0.2, 0.25) is 0 Å². The second-order valence-electron chi connectivity index (χ2n) is 4.19. The Morgan fingerprint density at radius 1 is 1.29 bits per heavy atom. The molecule has 0 aliphatic carbocycles. The molecule has 17 heavy (non-hydrogen) atoms. The first-order valence-electron chi connectivity index (χ1n) is 6.01. The van der Waals surface area contributed by atoms with Gasteiger partial charge >= 0.3 is 11.8 Å². The van der Waals surface area contributed by atoms with Crippen LogP contribution in [0.25, 0.3) is 0 Å². The third-order valence-corrected chi connectivity index (χ3v) is 3.00. The molecule has 0 aromatic heterocycles. The Labute approximate surface area is 101 Å². The quantitative estimate of drug-likeness (QED) is 0.684. The Kier molecular flexibility index (Phi) is 3.51. The highest BCUT2D eigenvalue weighted by atomic mass is 16.2. The lowest BCUT2D eigenvalue weighted by atomic mass is 10.2. The summed E-state index contributed by atoms with van der Waals surface area (Å²) in [7, 11) is 0. The summed E-state index contributed by atoms with van der Waals surface area (Å²) < 4.78 is 0. The van der Waals surface area contributed by atoms with Crippen molar-refractivity contribution in [1.29, 1.82) is 0 Å². The highest BCUT2D eigenvalue weighted by molar-refractivity contribution is 6.35. The maximum atomic E-state index is 11.9. The van der Waals surface area contributed by atoms with Crippen molar-refractivity contribution in [3.8, 4) is 0 Å². The predicted molar refractivity (Wildman–Crippen MR) is 62.2 cm³/mol. The van der Waals surface area contributed by atoms with Crippen molar-refractivity contribution >= 4 is 11.8 Å². The van der Waals surface area contributed by atoms with Crippen LogP contribution in [0, 0.1) is 0 Å².